The number of hydrogen-bond donors (Lipinski definition) is 1. The molecule has 3 aromatic heterocycles. The first-order valence-electron chi connectivity index (χ1n) is 9.24. The van der Waals surface area contributed by atoms with E-state index in [9.17, 15) is 0 Å². The van der Waals surface area contributed by atoms with Gasteiger partial charge < -0.3 is 5.32 Å². The number of aryl methyl sites for hydroxylation is 1. The zero-order valence-corrected chi connectivity index (χ0v) is 16.5. The lowest BCUT2D eigenvalue weighted by atomic mass is 10.1. The van der Waals surface area contributed by atoms with Gasteiger partial charge in [0.1, 0.15) is 5.01 Å². The lowest BCUT2D eigenvalue weighted by molar-refractivity contribution is 1.18. The fourth-order valence-electron chi connectivity index (χ4n) is 3.11. The van der Waals surface area contributed by atoms with Crippen molar-refractivity contribution in [1.82, 2.24) is 19.9 Å². The van der Waals surface area contributed by atoms with Crippen LogP contribution in [0.1, 0.15) is 5.69 Å². The van der Waals surface area contributed by atoms with Gasteiger partial charge in [-0.15, -0.1) is 11.3 Å². The molecule has 0 unspecified atom stereocenters. The Labute approximate surface area is 172 Å². The topological polar surface area (TPSA) is 63.6 Å². The minimum absolute atomic E-state index is 0.758. The predicted octanol–water partition coefficient (Wildman–Crippen LogP) is 5.87. The quantitative estimate of drug-likeness (QED) is 0.412. The molecule has 2 aromatic carbocycles. The lowest BCUT2D eigenvalue weighted by Crippen LogP contribution is -1.99. The highest BCUT2D eigenvalue weighted by Gasteiger charge is 2.09. The van der Waals surface area contributed by atoms with Crippen LogP contribution in [-0.2, 0) is 0 Å². The van der Waals surface area contributed by atoms with Crippen molar-refractivity contribution in [1.29, 1.82) is 0 Å². The molecule has 0 radical (unpaired) electrons. The average molecular weight is 395 g/mol. The molecule has 0 aliphatic carbocycles. The van der Waals surface area contributed by atoms with E-state index in [-0.39, 0.29) is 0 Å². The molecule has 140 valence electrons. The summed E-state index contributed by atoms with van der Waals surface area (Å²) in [7, 11) is 0. The number of nitrogens with zero attached hydrogens (tertiary/aromatic N) is 4. The molecule has 0 saturated heterocycles. The number of nitrogens with one attached hydrogen (secondary N) is 1. The Bertz CT molecular complexity index is 1300. The molecule has 6 heteroatoms. The smallest absolute Gasteiger partial charge is 0.152 e. The summed E-state index contributed by atoms with van der Waals surface area (Å²) in [6, 6.07) is 21.9. The summed E-state index contributed by atoms with van der Waals surface area (Å²) in [6.45, 7) is 1.96. The van der Waals surface area contributed by atoms with Crippen molar-refractivity contribution < 1.29 is 0 Å². The first-order valence-corrected chi connectivity index (χ1v) is 10.1. The SMILES string of the molecule is Cc1nc2ccccc2nc1Nc1cccc(-c2csc(-c3ccccn3)n2)c1. The van der Waals surface area contributed by atoms with Gasteiger partial charge in [-0.05, 0) is 43.3 Å². The molecule has 5 aromatic rings. The molecule has 0 atom stereocenters. The van der Waals surface area contributed by atoms with Crippen LogP contribution in [0.3, 0.4) is 0 Å². The Morgan fingerprint density at radius 1 is 0.793 bits per heavy atom. The number of benzene rings is 2. The normalized spacial score (nSPS) is 10.9. The number of rotatable bonds is 4. The summed E-state index contributed by atoms with van der Waals surface area (Å²) in [5.41, 5.74) is 6.44. The van der Waals surface area contributed by atoms with Crippen molar-refractivity contribution in [2.24, 2.45) is 0 Å². The average Bonchev–Trinajstić information content (AvgIpc) is 3.26. The second-order valence-electron chi connectivity index (χ2n) is 6.61. The van der Waals surface area contributed by atoms with Crippen molar-refractivity contribution in [2.75, 3.05) is 5.32 Å². The van der Waals surface area contributed by atoms with Gasteiger partial charge in [0.25, 0.3) is 0 Å². The molecule has 5 rings (SSSR count). The van der Waals surface area contributed by atoms with Gasteiger partial charge in [0.05, 0.1) is 28.1 Å². The van der Waals surface area contributed by atoms with Crippen molar-refractivity contribution in [3.63, 3.8) is 0 Å². The van der Waals surface area contributed by atoms with E-state index in [2.05, 4.69) is 32.8 Å². The molecular formula is C23H17N5S. The molecule has 0 spiro atoms. The Balaban J connectivity index is 1.45. The number of para-hydroxylation sites is 2. The molecule has 1 N–H and O–H groups in total. The maximum absolute atomic E-state index is 4.76. The van der Waals surface area contributed by atoms with E-state index in [4.69, 9.17) is 9.97 Å². The van der Waals surface area contributed by atoms with Crippen molar-refractivity contribution in [3.8, 4) is 22.0 Å². The summed E-state index contributed by atoms with van der Waals surface area (Å²) in [5.74, 6) is 0.758. The van der Waals surface area contributed by atoms with Crippen molar-refractivity contribution in [2.45, 2.75) is 6.92 Å². The highest BCUT2D eigenvalue weighted by molar-refractivity contribution is 7.13. The molecule has 0 aliphatic rings. The fourth-order valence-corrected chi connectivity index (χ4v) is 3.92. The summed E-state index contributed by atoms with van der Waals surface area (Å²) in [6.07, 6.45) is 1.79. The molecule has 5 nitrogen and oxygen atoms in total. The predicted molar refractivity (Wildman–Crippen MR) is 118 cm³/mol. The summed E-state index contributed by atoms with van der Waals surface area (Å²) in [5, 5.41) is 6.37. The number of hydrogen-bond acceptors (Lipinski definition) is 6. The third-order valence-electron chi connectivity index (χ3n) is 4.55. The summed E-state index contributed by atoms with van der Waals surface area (Å²) in [4.78, 5) is 18.5. The Hall–Kier alpha value is -3.64. The van der Waals surface area contributed by atoms with Gasteiger partial charge in [0.15, 0.2) is 5.82 Å². The van der Waals surface area contributed by atoms with Crippen LogP contribution in [0.15, 0.2) is 78.3 Å². The third-order valence-corrected chi connectivity index (χ3v) is 5.42. The maximum atomic E-state index is 4.76. The van der Waals surface area contributed by atoms with E-state index in [1.165, 1.54) is 0 Å². The molecule has 0 fully saturated rings. The summed E-state index contributed by atoms with van der Waals surface area (Å²) < 4.78 is 0. The zero-order valence-electron chi connectivity index (χ0n) is 15.7. The van der Waals surface area contributed by atoms with Crippen LogP contribution in [0, 0.1) is 6.92 Å². The first kappa shape index (κ1) is 17.5. The van der Waals surface area contributed by atoms with E-state index in [1.54, 1.807) is 17.5 Å². The maximum Gasteiger partial charge on any atom is 0.152 e. The van der Waals surface area contributed by atoms with Gasteiger partial charge in [-0.3, -0.25) is 4.98 Å². The second-order valence-corrected chi connectivity index (χ2v) is 7.46. The minimum atomic E-state index is 0.758. The number of fused-ring (bicyclic) bond motifs is 1. The van der Waals surface area contributed by atoms with E-state index in [0.717, 1.165) is 50.2 Å². The Kier molecular flexibility index (Phi) is 4.46. The van der Waals surface area contributed by atoms with Gasteiger partial charge in [0.2, 0.25) is 0 Å². The van der Waals surface area contributed by atoms with Crippen LogP contribution in [0.2, 0.25) is 0 Å². The monoisotopic (exact) mass is 395 g/mol. The van der Waals surface area contributed by atoms with Crippen molar-refractivity contribution in [3.05, 3.63) is 84.0 Å². The van der Waals surface area contributed by atoms with E-state index >= 15 is 0 Å². The molecule has 0 aliphatic heterocycles. The van der Waals surface area contributed by atoms with Gasteiger partial charge in [0, 0.05) is 22.8 Å². The standard InChI is InChI=1S/C23H17N5S/c1-15-22(27-19-10-3-2-9-18(19)25-15)26-17-8-6-7-16(13-17)21-14-29-23(28-21)20-11-4-5-12-24-20/h2-14H,1H3,(H,26,27). The van der Waals surface area contributed by atoms with Crippen LogP contribution >= 0.6 is 11.3 Å². The Morgan fingerprint density at radius 2 is 1.62 bits per heavy atom. The molecule has 0 saturated carbocycles. The van der Waals surface area contributed by atoms with Gasteiger partial charge in [-0.25, -0.2) is 15.0 Å². The number of thiazole rings is 1. The van der Waals surface area contributed by atoms with Gasteiger partial charge in [-0.1, -0.05) is 30.3 Å². The molecule has 0 bridgehead atoms. The largest absolute Gasteiger partial charge is 0.339 e. The highest BCUT2D eigenvalue weighted by atomic mass is 32.1. The van der Waals surface area contributed by atoms with E-state index in [1.807, 2.05) is 61.5 Å². The zero-order chi connectivity index (χ0) is 19.6. The van der Waals surface area contributed by atoms with Crippen LogP contribution in [-0.4, -0.2) is 19.9 Å². The van der Waals surface area contributed by atoms with Crippen LogP contribution in [0.4, 0.5) is 11.5 Å². The van der Waals surface area contributed by atoms with Crippen LogP contribution in [0.5, 0.6) is 0 Å². The number of pyridine rings is 1. The van der Waals surface area contributed by atoms with Crippen LogP contribution < -0.4 is 5.32 Å². The van der Waals surface area contributed by atoms with Crippen LogP contribution in [0.25, 0.3) is 33.0 Å². The van der Waals surface area contributed by atoms with Gasteiger partial charge >= 0.3 is 0 Å². The number of anilines is 2. The second kappa shape index (κ2) is 7.41. The minimum Gasteiger partial charge on any atom is -0.339 e. The molecule has 3 heterocycles. The fraction of sp³-hybridized carbons (Fsp3) is 0.0435. The molecular weight excluding hydrogens is 378 g/mol. The number of aromatic nitrogens is 4. The molecule has 0 amide bonds. The Morgan fingerprint density at radius 3 is 2.45 bits per heavy atom. The third kappa shape index (κ3) is 3.58. The van der Waals surface area contributed by atoms with Crippen molar-refractivity contribution >= 4 is 33.9 Å². The van der Waals surface area contributed by atoms with E-state index in [0.29, 0.717) is 0 Å². The highest BCUT2D eigenvalue weighted by Crippen LogP contribution is 2.30. The van der Waals surface area contributed by atoms with E-state index < -0.39 is 0 Å². The molecule has 29 heavy (non-hydrogen) atoms. The first-order chi connectivity index (χ1) is 14.3. The lowest BCUT2D eigenvalue weighted by Gasteiger charge is -2.10. The van der Waals surface area contributed by atoms with Gasteiger partial charge in [-0.2, -0.15) is 0 Å². The summed E-state index contributed by atoms with van der Waals surface area (Å²) >= 11 is 1.59.